The van der Waals surface area contributed by atoms with Crippen LogP contribution >= 0.6 is 39.1 Å². The van der Waals surface area contributed by atoms with E-state index in [4.69, 9.17) is 27.9 Å². The van der Waals surface area contributed by atoms with Gasteiger partial charge in [-0.1, -0.05) is 29.3 Å². The van der Waals surface area contributed by atoms with E-state index in [2.05, 4.69) is 15.9 Å². The van der Waals surface area contributed by atoms with Crippen molar-refractivity contribution in [3.05, 3.63) is 44.6 Å². The lowest BCUT2D eigenvalue weighted by atomic mass is 10.0. The van der Waals surface area contributed by atoms with Crippen molar-refractivity contribution in [3.8, 4) is 0 Å². The summed E-state index contributed by atoms with van der Waals surface area (Å²) in [7, 11) is 0. The van der Waals surface area contributed by atoms with E-state index in [1.165, 1.54) is 0 Å². The quantitative estimate of drug-likeness (QED) is 0.703. The summed E-state index contributed by atoms with van der Waals surface area (Å²) in [4.78, 5) is 0. The van der Waals surface area contributed by atoms with Crippen molar-refractivity contribution in [1.29, 1.82) is 0 Å². The van der Waals surface area contributed by atoms with Gasteiger partial charge in [0.2, 0.25) is 0 Å². The van der Waals surface area contributed by atoms with Crippen LogP contribution in [0.5, 0.6) is 0 Å². The molecule has 0 aromatic heterocycles. The molecule has 1 aliphatic rings. The second-order valence-electron chi connectivity index (χ2n) is 3.36. The van der Waals surface area contributed by atoms with Crippen LogP contribution in [0.15, 0.2) is 28.9 Å². The first-order valence-corrected chi connectivity index (χ1v) is 6.19. The Hall–Kier alpha value is -0.180. The molecule has 80 valence electrons. The molecule has 1 aromatic rings. The third-order valence-corrected chi connectivity index (χ3v) is 3.37. The van der Waals surface area contributed by atoms with Crippen LogP contribution < -0.4 is 0 Å². The minimum Gasteiger partial charge on any atom is -0.479 e. The number of allylic oxidation sites excluding steroid dienone is 1. The highest BCUT2D eigenvalue weighted by Crippen LogP contribution is 2.36. The number of hydrogen-bond donors (Lipinski definition) is 0. The van der Waals surface area contributed by atoms with E-state index in [0.29, 0.717) is 10.0 Å². The van der Waals surface area contributed by atoms with Crippen LogP contribution in [0, 0.1) is 0 Å². The number of ether oxygens (including phenoxy) is 1. The van der Waals surface area contributed by atoms with Gasteiger partial charge in [0.1, 0.15) is 6.10 Å². The molecule has 0 N–H and O–H groups in total. The molecule has 0 aliphatic carbocycles. The van der Waals surface area contributed by atoms with Crippen molar-refractivity contribution in [2.45, 2.75) is 18.9 Å². The predicted octanol–water partition coefficient (Wildman–Crippen LogP) is 5.08. The summed E-state index contributed by atoms with van der Waals surface area (Å²) >= 11 is 15.3. The second-order valence-corrected chi connectivity index (χ2v) is 4.98. The maximum atomic E-state index is 6.11. The topological polar surface area (TPSA) is 9.23 Å². The molecule has 15 heavy (non-hydrogen) atoms. The fourth-order valence-electron chi connectivity index (χ4n) is 1.57. The van der Waals surface area contributed by atoms with Crippen molar-refractivity contribution >= 4 is 39.1 Å². The first kappa shape index (κ1) is 11.3. The molecule has 0 bridgehead atoms. The van der Waals surface area contributed by atoms with Gasteiger partial charge < -0.3 is 4.74 Å². The standard InChI is InChI=1S/C11H9BrCl2O/c12-11-3-1-2-10(15-11)8-5-4-7(13)6-9(8)14/h3-6,10H,1-2H2. The minimum absolute atomic E-state index is 0.0224. The Morgan fingerprint density at radius 1 is 1.33 bits per heavy atom. The summed E-state index contributed by atoms with van der Waals surface area (Å²) in [6.07, 6.45) is 3.97. The molecule has 1 nitrogen and oxygen atoms in total. The van der Waals surface area contributed by atoms with Crippen LogP contribution in [-0.2, 0) is 4.74 Å². The van der Waals surface area contributed by atoms with E-state index in [-0.39, 0.29) is 6.10 Å². The average molecular weight is 308 g/mol. The molecule has 0 spiro atoms. The summed E-state index contributed by atoms with van der Waals surface area (Å²) in [5, 5.41) is 1.31. The Labute approximate surface area is 107 Å². The smallest absolute Gasteiger partial charge is 0.159 e. The zero-order valence-corrected chi connectivity index (χ0v) is 10.9. The fraction of sp³-hybridized carbons (Fsp3) is 0.273. The molecular weight excluding hydrogens is 299 g/mol. The van der Waals surface area contributed by atoms with Gasteiger partial charge in [0.05, 0.1) is 0 Å². The first-order chi connectivity index (χ1) is 7.16. The van der Waals surface area contributed by atoms with Crippen molar-refractivity contribution < 1.29 is 4.74 Å². The van der Waals surface area contributed by atoms with E-state index in [1.54, 1.807) is 6.07 Å². The molecule has 1 unspecified atom stereocenters. The third-order valence-electron chi connectivity index (χ3n) is 2.30. The summed E-state index contributed by atoms with van der Waals surface area (Å²) in [5.74, 6) is 0. The lowest BCUT2D eigenvalue weighted by Crippen LogP contribution is -2.06. The van der Waals surface area contributed by atoms with Gasteiger partial charge in [-0.2, -0.15) is 0 Å². The van der Waals surface area contributed by atoms with Gasteiger partial charge in [0, 0.05) is 15.6 Å². The summed E-state index contributed by atoms with van der Waals surface area (Å²) in [6, 6.07) is 5.49. The Morgan fingerprint density at radius 2 is 2.13 bits per heavy atom. The first-order valence-electron chi connectivity index (χ1n) is 4.64. The highest BCUT2D eigenvalue weighted by molar-refractivity contribution is 9.11. The second kappa shape index (κ2) is 4.77. The SMILES string of the molecule is Clc1ccc(C2CCC=C(Br)O2)c(Cl)c1. The lowest BCUT2D eigenvalue weighted by molar-refractivity contribution is 0.118. The van der Waals surface area contributed by atoms with Gasteiger partial charge >= 0.3 is 0 Å². The van der Waals surface area contributed by atoms with Gasteiger partial charge in [-0.3, -0.25) is 0 Å². The van der Waals surface area contributed by atoms with Crippen LogP contribution in [-0.4, -0.2) is 0 Å². The fourth-order valence-corrected chi connectivity index (χ4v) is 2.56. The average Bonchev–Trinajstić information content (AvgIpc) is 2.17. The number of hydrogen-bond acceptors (Lipinski definition) is 1. The minimum atomic E-state index is 0.0224. The maximum absolute atomic E-state index is 6.11. The van der Waals surface area contributed by atoms with Crippen molar-refractivity contribution in [3.63, 3.8) is 0 Å². The molecule has 1 aromatic carbocycles. The number of halogens is 3. The monoisotopic (exact) mass is 306 g/mol. The van der Waals surface area contributed by atoms with Crippen molar-refractivity contribution in [2.75, 3.05) is 0 Å². The molecule has 1 heterocycles. The van der Waals surface area contributed by atoms with Gasteiger partial charge in [-0.15, -0.1) is 0 Å². The van der Waals surface area contributed by atoms with Gasteiger partial charge in [-0.25, -0.2) is 0 Å². The van der Waals surface area contributed by atoms with E-state index in [1.807, 2.05) is 18.2 Å². The number of rotatable bonds is 1. The normalized spacial score (nSPS) is 20.7. The van der Waals surface area contributed by atoms with Gasteiger partial charge in [-0.05, 0) is 47.0 Å². The molecule has 0 amide bonds. The van der Waals surface area contributed by atoms with Crippen molar-refractivity contribution in [2.24, 2.45) is 0 Å². The molecule has 0 fully saturated rings. The Balaban J connectivity index is 2.26. The molecule has 1 aliphatic heterocycles. The predicted molar refractivity (Wildman–Crippen MR) is 66.5 cm³/mol. The third kappa shape index (κ3) is 2.68. The molecular formula is C11H9BrCl2O. The summed E-state index contributed by atoms with van der Waals surface area (Å²) in [5.41, 5.74) is 0.992. The van der Waals surface area contributed by atoms with Crippen LogP contribution in [0.2, 0.25) is 10.0 Å². The van der Waals surface area contributed by atoms with Crippen LogP contribution in [0.3, 0.4) is 0 Å². The number of benzene rings is 1. The summed E-state index contributed by atoms with van der Waals surface area (Å²) < 4.78 is 6.43. The highest BCUT2D eigenvalue weighted by atomic mass is 79.9. The van der Waals surface area contributed by atoms with Crippen LogP contribution in [0.25, 0.3) is 0 Å². The molecule has 0 saturated heterocycles. The molecule has 0 radical (unpaired) electrons. The molecule has 2 rings (SSSR count). The maximum Gasteiger partial charge on any atom is 0.159 e. The van der Waals surface area contributed by atoms with Gasteiger partial charge in [0.25, 0.3) is 0 Å². The Morgan fingerprint density at radius 3 is 2.80 bits per heavy atom. The largest absolute Gasteiger partial charge is 0.479 e. The Bertz CT molecular complexity index is 404. The van der Waals surface area contributed by atoms with E-state index >= 15 is 0 Å². The van der Waals surface area contributed by atoms with Gasteiger partial charge in [0.15, 0.2) is 4.67 Å². The van der Waals surface area contributed by atoms with Crippen molar-refractivity contribution in [1.82, 2.24) is 0 Å². The zero-order chi connectivity index (χ0) is 10.8. The molecule has 0 saturated carbocycles. The highest BCUT2D eigenvalue weighted by Gasteiger charge is 2.19. The van der Waals surface area contributed by atoms with E-state index < -0.39 is 0 Å². The zero-order valence-electron chi connectivity index (χ0n) is 7.84. The van der Waals surface area contributed by atoms with E-state index in [0.717, 1.165) is 23.1 Å². The lowest BCUT2D eigenvalue weighted by Gasteiger charge is -2.23. The Kier molecular flexibility index (Phi) is 3.60. The molecule has 4 heteroatoms. The van der Waals surface area contributed by atoms with E-state index in [9.17, 15) is 0 Å². The van der Waals surface area contributed by atoms with Crippen LogP contribution in [0.4, 0.5) is 0 Å². The summed E-state index contributed by atoms with van der Waals surface area (Å²) in [6.45, 7) is 0. The van der Waals surface area contributed by atoms with Crippen LogP contribution in [0.1, 0.15) is 24.5 Å². The molecule has 1 atom stereocenters.